The minimum absolute atomic E-state index is 0.712. The van der Waals surface area contributed by atoms with Crippen molar-refractivity contribution in [1.82, 2.24) is 0 Å². The van der Waals surface area contributed by atoms with Gasteiger partial charge in [-0.05, 0) is 48.7 Å². The van der Waals surface area contributed by atoms with Crippen LogP contribution in [0.25, 0.3) is 0 Å². The molecule has 3 unspecified atom stereocenters. The average Bonchev–Trinajstić information content (AvgIpc) is 2.82. The molecule has 4 atom stereocenters. The van der Waals surface area contributed by atoms with Gasteiger partial charge < -0.3 is 0 Å². The zero-order valence-electron chi connectivity index (χ0n) is 10.8. The first-order chi connectivity index (χ1) is 7.09. The molecule has 2 saturated carbocycles. The quantitative estimate of drug-likeness (QED) is 0.667. The van der Waals surface area contributed by atoms with Gasteiger partial charge in [0.15, 0.2) is 0 Å². The molecule has 2 fully saturated rings. The molecule has 2 rings (SSSR count). The second kappa shape index (κ2) is 3.98. The summed E-state index contributed by atoms with van der Waals surface area (Å²) in [6, 6.07) is 0. The van der Waals surface area contributed by atoms with E-state index in [0.29, 0.717) is 5.41 Å². The van der Waals surface area contributed by atoms with E-state index in [9.17, 15) is 0 Å². The molecule has 0 spiro atoms. The topological polar surface area (TPSA) is 0 Å². The van der Waals surface area contributed by atoms with Crippen LogP contribution in [0.1, 0.15) is 59.3 Å². The molecule has 0 N–H and O–H groups in total. The maximum Gasteiger partial charge on any atom is 0.00496 e. The van der Waals surface area contributed by atoms with E-state index in [-0.39, 0.29) is 0 Å². The Bertz CT molecular complexity index is 233. The standard InChI is InChI=1S/C14H26S/c1-5-8-14-9-6-7-12(11(2)15-4)13(14,3)10-14/h11-12H,5-10H2,1-4H3/t11?,12?,13-,14?/m1/s1. The minimum atomic E-state index is 0.712. The summed E-state index contributed by atoms with van der Waals surface area (Å²) in [6.07, 6.45) is 11.2. The highest BCUT2D eigenvalue weighted by Crippen LogP contribution is 2.76. The van der Waals surface area contributed by atoms with E-state index in [4.69, 9.17) is 0 Å². The average molecular weight is 226 g/mol. The normalized spacial score (nSPS) is 46.0. The number of hydrogen-bond acceptors (Lipinski definition) is 1. The molecule has 0 aromatic rings. The summed E-state index contributed by atoms with van der Waals surface area (Å²) in [6.45, 7) is 7.38. The first-order valence-corrected chi connectivity index (χ1v) is 7.91. The van der Waals surface area contributed by atoms with Crippen LogP contribution < -0.4 is 0 Å². The van der Waals surface area contributed by atoms with Crippen molar-refractivity contribution in [2.45, 2.75) is 64.5 Å². The summed E-state index contributed by atoms with van der Waals surface area (Å²) in [7, 11) is 0. The number of fused-ring (bicyclic) bond motifs is 1. The summed E-state index contributed by atoms with van der Waals surface area (Å²) in [4.78, 5) is 0. The molecule has 0 amide bonds. The van der Waals surface area contributed by atoms with E-state index in [1.54, 1.807) is 0 Å². The van der Waals surface area contributed by atoms with E-state index in [1.807, 2.05) is 0 Å². The molecular formula is C14H26S. The van der Waals surface area contributed by atoms with Crippen LogP contribution in [0.4, 0.5) is 0 Å². The second-order valence-electron chi connectivity index (χ2n) is 6.06. The van der Waals surface area contributed by atoms with E-state index < -0.39 is 0 Å². The van der Waals surface area contributed by atoms with Crippen LogP contribution in [0.5, 0.6) is 0 Å². The lowest BCUT2D eigenvalue weighted by Crippen LogP contribution is -2.31. The molecule has 0 radical (unpaired) electrons. The third-order valence-corrected chi connectivity index (χ3v) is 6.52. The fourth-order valence-corrected chi connectivity index (χ4v) is 5.20. The van der Waals surface area contributed by atoms with Crippen molar-refractivity contribution in [2.75, 3.05) is 6.26 Å². The molecule has 1 heteroatoms. The van der Waals surface area contributed by atoms with Gasteiger partial charge in [0.1, 0.15) is 0 Å². The third-order valence-electron chi connectivity index (χ3n) is 5.45. The predicted molar refractivity (Wildman–Crippen MR) is 70.4 cm³/mol. The van der Waals surface area contributed by atoms with E-state index >= 15 is 0 Å². The summed E-state index contributed by atoms with van der Waals surface area (Å²) < 4.78 is 0. The van der Waals surface area contributed by atoms with E-state index in [0.717, 1.165) is 16.6 Å². The predicted octanol–water partition coefficient (Wildman–Crippen LogP) is 4.73. The summed E-state index contributed by atoms with van der Waals surface area (Å²) in [5, 5.41) is 0.869. The largest absolute Gasteiger partial charge is 0.162 e. The fraction of sp³-hybridized carbons (Fsp3) is 1.00. The molecule has 0 saturated heterocycles. The van der Waals surface area contributed by atoms with Crippen LogP contribution in [0.15, 0.2) is 0 Å². The summed E-state index contributed by atoms with van der Waals surface area (Å²) >= 11 is 2.08. The van der Waals surface area contributed by atoms with Gasteiger partial charge in [-0.15, -0.1) is 0 Å². The maximum atomic E-state index is 2.58. The van der Waals surface area contributed by atoms with Crippen molar-refractivity contribution in [2.24, 2.45) is 16.7 Å². The molecular weight excluding hydrogens is 200 g/mol. The Morgan fingerprint density at radius 1 is 1.47 bits per heavy atom. The van der Waals surface area contributed by atoms with Crippen LogP contribution in [-0.4, -0.2) is 11.5 Å². The molecule has 0 aliphatic heterocycles. The minimum Gasteiger partial charge on any atom is -0.162 e. The maximum absolute atomic E-state index is 2.58. The molecule has 2 aliphatic rings. The van der Waals surface area contributed by atoms with Crippen LogP contribution in [0, 0.1) is 16.7 Å². The first-order valence-electron chi connectivity index (χ1n) is 6.62. The lowest BCUT2D eigenvalue weighted by Gasteiger charge is -2.38. The molecule has 2 aliphatic carbocycles. The van der Waals surface area contributed by atoms with Gasteiger partial charge in [0.25, 0.3) is 0 Å². The Kier molecular flexibility index (Phi) is 3.14. The van der Waals surface area contributed by atoms with Crippen molar-refractivity contribution in [1.29, 1.82) is 0 Å². The Labute approximate surface area is 99.6 Å². The third kappa shape index (κ3) is 1.66. The number of rotatable bonds is 4. The van der Waals surface area contributed by atoms with Crippen molar-refractivity contribution in [3.63, 3.8) is 0 Å². The SMILES string of the molecule is CCCC12CCCC(C(C)SC)[C@@]1(C)C2. The van der Waals surface area contributed by atoms with Gasteiger partial charge >= 0.3 is 0 Å². The zero-order chi connectivity index (χ0) is 11.1. The summed E-state index contributed by atoms with van der Waals surface area (Å²) in [5.74, 6) is 0.993. The Hall–Kier alpha value is 0.350. The fourth-order valence-electron chi connectivity index (χ4n) is 4.43. The van der Waals surface area contributed by atoms with Gasteiger partial charge in [-0.3, -0.25) is 0 Å². The molecule has 0 heterocycles. The highest BCUT2D eigenvalue weighted by atomic mass is 32.2. The summed E-state index contributed by atoms with van der Waals surface area (Å²) in [5.41, 5.74) is 1.48. The molecule has 0 bridgehead atoms. The van der Waals surface area contributed by atoms with Gasteiger partial charge in [0.05, 0.1) is 0 Å². The van der Waals surface area contributed by atoms with E-state index in [2.05, 4.69) is 38.8 Å². The van der Waals surface area contributed by atoms with Crippen LogP contribution >= 0.6 is 11.8 Å². The lowest BCUT2D eigenvalue weighted by molar-refractivity contribution is 0.158. The zero-order valence-corrected chi connectivity index (χ0v) is 11.6. The molecule has 15 heavy (non-hydrogen) atoms. The highest BCUT2D eigenvalue weighted by Gasteiger charge is 2.67. The van der Waals surface area contributed by atoms with Crippen molar-refractivity contribution in [3.05, 3.63) is 0 Å². The van der Waals surface area contributed by atoms with Crippen LogP contribution in [0.2, 0.25) is 0 Å². The monoisotopic (exact) mass is 226 g/mol. The van der Waals surface area contributed by atoms with Crippen molar-refractivity contribution >= 4 is 11.8 Å². The Balaban J connectivity index is 2.11. The van der Waals surface area contributed by atoms with Crippen LogP contribution in [0.3, 0.4) is 0 Å². The smallest absolute Gasteiger partial charge is 0.00496 e. The van der Waals surface area contributed by atoms with E-state index in [1.165, 1.54) is 38.5 Å². The molecule has 88 valence electrons. The Morgan fingerprint density at radius 2 is 2.20 bits per heavy atom. The number of thioether (sulfide) groups is 1. The first kappa shape index (κ1) is 11.8. The second-order valence-corrected chi connectivity index (χ2v) is 7.28. The molecule has 0 nitrogen and oxygen atoms in total. The Morgan fingerprint density at radius 3 is 2.80 bits per heavy atom. The van der Waals surface area contributed by atoms with Gasteiger partial charge in [0, 0.05) is 5.25 Å². The molecule has 0 aromatic carbocycles. The lowest BCUT2D eigenvalue weighted by atomic mass is 9.70. The number of hydrogen-bond donors (Lipinski definition) is 0. The van der Waals surface area contributed by atoms with Gasteiger partial charge in [0.2, 0.25) is 0 Å². The van der Waals surface area contributed by atoms with Gasteiger partial charge in [-0.25, -0.2) is 0 Å². The van der Waals surface area contributed by atoms with Crippen LogP contribution in [-0.2, 0) is 0 Å². The van der Waals surface area contributed by atoms with Crippen molar-refractivity contribution < 1.29 is 0 Å². The highest BCUT2D eigenvalue weighted by molar-refractivity contribution is 7.99. The van der Waals surface area contributed by atoms with Crippen molar-refractivity contribution in [3.8, 4) is 0 Å². The molecule has 0 aromatic heterocycles. The van der Waals surface area contributed by atoms with Gasteiger partial charge in [-0.2, -0.15) is 11.8 Å². The van der Waals surface area contributed by atoms with Gasteiger partial charge in [-0.1, -0.05) is 33.6 Å².